The lowest BCUT2D eigenvalue weighted by atomic mass is 10.1. The van der Waals surface area contributed by atoms with Gasteiger partial charge in [0, 0.05) is 20.4 Å². The van der Waals surface area contributed by atoms with Gasteiger partial charge in [-0.05, 0) is 77.3 Å². The average molecular weight is 586 g/mol. The van der Waals surface area contributed by atoms with Crippen molar-refractivity contribution in [3.8, 4) is 0 Å². The van der Waals surface area contributed by atoms with Crippen molar-refractivity contribution in [2.24, 2.45) is 5.73 Å². The largest absolute Gasteiger partial charge is 0.339 e. The first-order chi connectivity index (χ1) is 13.6. The van der Waals surface area contributed by atoms with E-state index in [4.69, 9.17) is 52.8 Å². The normalized spacial score (nSPS) is 12.0. The lowest BCUT2D eigenvalue weighted by Crippen LogP contribution is -2.56. The van der Waals surface area contributed by atoms with Crippen molar-refractivity contribution in [2.75, 3.05) is 11.9 Å². The lowest BCUT2D eigenvalue weighted by Gasteiger charge is -2.27. The fourth-order valence-electron chi connectivity index (χ4n) is 2.20. The maximum Gasteiger partial charge on any atom is 0.253 e. The van der Waals surface area contributed by atoms with Crippen LogP contribution in [0.5, 0.6) is 0 Å². The molecule has 0 aliphatic rings. The molecule has 1 atom stereocenters. The second kappa shape index (κ2) is 10.7. The Morgan fingerprint density at radius 2 is 1.72 bits per heavy atom. The molecular weight excluding hydrogens is 570 g/mol. The van der Waals surface area contributed by atoms with Gasteiger partial charge in [-0.1, -0.05) is 40.9 Å². The van der Waals surface area contributed by atoms with Crippen molar-refractivity contribution >= 4 is 92.1 Å². The Labute approximate surface area is 202 Å². The standard InChI is InChI=1S/C18H16Cl3IN4O2S/c19-18(20,21)16(25-15(28)11-2-1-3-12(22)8-11)26-17(29)24-13-6-4-10(5-7-13)14(27)9-23/h1-8,16H,9,23H2,(H,25,28)(H2,24,26,29). The molecule has 0 radical (unpaired) electrons. The zero-order chi connectivity index (χ0) is 21.6. The Hall–Kier alpha value is -1.17. The minimum absolute atomic E-state index is 0.0716. The number of carbonyl (C=O) groups excluding carboxylic acids is 2. The number of nitrogens with one attached hydrogen (secondary N) is 3. The maximum atomic E-state index is 12.5. The number of hydrogen-bond donors (Lipinski definition) is 4. The molecule has 0 aliphatic carbocycles. The summed E-state index contributed by atoms with van der Waals surface area (Å²) in [6.45, 7) is -0.0716. The summed E-state index contributed by atoms with van der Waals surface area (Å²) in [6.07, 6.45) is -1.10. The molecule has 0 aliphatic heterocycles. The van der Waals surface area contributed by atoms with Crippen molar-refractivity contribution < 1.29 is 9.59 Å². The summed E-state index contributed by atoms with van der Waals surface area (Å²) in [5, 5.41) is 8.40. The molecule has 0 bridgehead atoms. The van der Waals surface area contributed by atoms with E-state index < -0.39 is 15.9 Å². The molecule has 6 nitrogen and oxygen atoms in total. The van der Waals surface area contributed by atoms with Crippen molar-refractivity contribution in [1.29, 1.82) is 0 Å². The molecule has 2 aromatic rings. The predicted molar refractivity (Wildman–Crippen MR) is 130 cm³/mol. The molecule has 2 rings (SSSR count). The van der Waals surface area contributed by atoms with Gasteiger partial charge in [0.2, 0.25) is 3.79 Å². The van der Waals surface area contributed by atoms with Crippen molar-refractivity contribution in [3.63, 3.8) is 0 Å². The third-order valence-electron chi connectivity index (χ3n) is 3.62. The van der Waals surface area contributed by atoms with E-state index in [0.717, 1.165) is 3.57 Å². The Kier molecular flexibility index (Phi) is 8.92. The van der Waals surface area contributed by atoms with E-state index in [0.29, 0.717) is 16.8 Å². The highest BCUT2D eigenvalue weighted by Gasteiger charge is 2.35. The van der Waals surface area contributed by atoms with Crippen molar-refractivity contribution in [2.45, 2.75) is 9.96 Å². The van der Waals surface area contributed by atoms with Crippen LogP contribution in [-0.2, 0) is 0 Å². The lowest BCUT2D eigenvalue weighted by molar-refractivity contribution is 0.0933. The van der Waals surface area contributed by atoms with Crippen LogP contribution in [0.3, 0.4) is 0 Å². The van der Waals surface area contributed by atoms with Gasteiger partial charge < -0.3 is 21.7 Å². The summed E-state index contributed by atoms with van der Waals surface area (Å²) in [5.74, 6) is -0.605. The van der Waals surface area contributed by atoms with Crippen LogP contribution in [0.1, 0.15) is 20.7 Å². The topological polar surface area (TPSA) is 96.2 Å². The van der Waals surface area contributed by atoms with E-state index in [1.54, 1.807) is 42.5 Å². The van der Waals surface area contributed by atoms with Gasteiger partial charge in [-0.15, -0.1) is 0 Å². The summed E-state index contributed by atoms with van der Waals surface area (Å²) >= 11 is 25.3. The summed E-state index contributed by atoms with van der Waals surface area (Å²) in [6, 6.07) is 13.5. The average Bonchev–Trinajstić information content (AvgIpc) is 2.66. The third kappa shape index (κ3) is 7.54. The van der Waals surface area contributed by atoms with Crippen LogP contribution in [0.2, 0.25) is 0 Å². The van der Waals surface area contributed by atoms with Crippen LogP contribution >= 0.6 is 69.6 Å². The number of hydrogen-bond acceptors (Lipinski definition) is 4. The van der Waals surface area contributed by atoms with Gasteiger partial charge in [-0.25, -0.2) is 0 Å². The Balaban J connectivity index is 2.05. The van der Waals surface area contributed by atoms with Crippen molar-refractivity contribution in [1.82, 2.24) is 10.6 Å². The van der Waals surface area contributed by atoms with Gasteiger partial charge in [0.05, 0.1) is 6.54 Å². The molecule has 0 heterocycles. The van der Waals surface area contributed by atoms with E-state index in [-0.39, 0.29) is 17.4 Å². The first-order valence-electron chi connectivity index (χ1n) is 8.14. The summed E-state index contributed by atoms with van der Waals surface area (Å²) in [7, 11) is 0. The Bertz CT molecular complexity index is 907. The molecule has 2 aromatic carbocycles. The van der Waals surface area contributed by atoms with Crippen LogP contribution < -0.4 is 21.7 Å². The fraction of sp³-hybridized carbons (Fsp3) is 0.167. The number of Topliss-reactive ketones (excluding diaryl/α,β-unsaturated/α-hetero) is 1. The fourth-order valence-corrected chi connectivity index (χ4v) is 3.31. The SMILES string of the molecule is NCC(=O)c1ccc(NC(=S)NC(NC(=O)c2cccc(I)c2)C(Cl)(Cl)Cl)cc1. The molecule has 1 amide bonds. The molecule has 154 valence electrons. The molecule has 0 saturated heterocycles. The maximum absolute atomic E-state index is 12.5. The number of benzene rings is 2. The smallest absolute Gasteiger partial charge is 0.253 e. The number of halogens is 4. The zero-order valence-corrected chi connectivity index (χ0v) is 20.0. The molecule has 0 saturated carbocycles. The predicted octanol–water partition coefficient (Wildman–Crippen LogP) is 3.85. The molecule has 0 fully saturated rings. The second-order valence-corrected chi connectivity index (χ2v) is 9.78. The molecule has 0 aromatic heterocycles. The van der Waals surface area contributed by atoms with E-state index in [1.807, 2.05) is 6.07 Å². The summed E-state index contributed by atoms with van der Waals surface area (Å²) in [5.41, 5.74) is 6.84. The van der Waals surface area contributed by atoms with Crippen LogP contribution in [0, 0.1) is 3.57 Å². The quantitative estimate of drug-likeness (QED) is 0.135. The van der Waals surface area contributed by atoms with Crippen molar-refractivity contribution in [3.05, 3.63) is 63.2 Å². The number of nitrogens with two attached hydrogens (primary N) is 1. The minimum atomic E-state index is -1.87. The second-order valence-electron chi connectivity index (χ2n) is 5.76. The number of rotatable bonds is 6. The highest BCUT2D eigenvalue weighted by atomic mass is 127. The van der Waals surface area contributed by atoms with Gasteiger partial charge in [0.1, 0.15) is 6.17 Å². The highest BCUT2D eigenvalue weighted by Crippen LogP contribution is 2.29. The molecule has 0 spiro atoms. The monoisotopic (exact) mass is 584 g/mol. The number of carbonyl (C=O) groups is 2. The van der Waals surface area contributed by atoms with Crippen LogP contribution in [-0.4, -0.2) is 33.3 Å². The first-order valence-corrected chi connectivity index (χ1v) is 10.8. The summed E-state index contributed by atoms with van der Waals surface area (Å²) in [4.78, 5) is 24.1. The third-order valence-corrected chi connectivity index (χ3v) is 5.16. The van der Waals surface area contributed by atoms with E-state index in [9.17, 15) is 9.59 Å². The zero-order valence-electron chi connectivity index (χ0n) is 14.7. The van der Waals surface area contributed by atoms with E-state index in [2.05, 4.69) is 38.5 Å². The number of anilines is 1. The Morgan fingerprint density at radius 3 is 2.28 bits per heavy atom. The van der Waals surface area contributed by atoms with Gasteiger partial charge >= 0.3 is 0 Å². The van der Waals surface area contributed by atoms with E-state index >= 15 is 0 Å². The molecule has 11 heteroatoms. The van der Waals surface area contributed by atoms with Gasteiger partial charge in [0.25, 0.3) is 5.91 Å². The molecule has 5 N–H and O–H groups in total. The number of ketones is 1. The summed E-state index contributed by atoms with van der Waals surface area (Å²) < 4.78 is -0.983. The van der Waals surface area contributed by atoms with Crippen LogP contribution in [0.4, 0.5) is 5.69 Å². The molecule has 1 unspecified atom stereocenters. The van der Waals surface area contributed by atoms with Gasteiger partial charge in [-0.2, -0.15) is 0 Å². The number of amides is 1. The van der Waals surface area contributed by atoms with Crippen LogP contribution in [0.25, 0.3) is 0 Å². The molecule has 29 heavy (non-hydrogen) atoms. The van der Waals surface area contributed by atoms with E-state index in [1.165, 1.54) is 0 Å². The number of alkyl halides is 3. The highest BCUT2D eigenvalue weighted by molar-refractivity contribution is 14.1. The van der Waals surface area contributed by atoms with Crippen LogP contribution in [0.15, 0.2) is 48.5 Å². The number of thiocarbonyl (C=S) groups is 1. The molecular formula is C18H16Cl3IN4O2S. The first kappa shape index (κ1) is 24.1. The van der Waals surface area contributed by atoms with Gasteiger partial charge in [-0.3, -0.25) is 9.59 Å². The Morgan fingerprint density at radius 1 is 1.07 bits per heavy atom. The van der Waals surface area contributed by atoms with Gasteiger partial charge in [0.15, 0.2) is 10.9 Å². The minimum Gasteiger partial charge on any atom is -0.339 e.